The molecule has 0 unspecified atom stereocenters. The molecule has 3 nitrogen and oxygen atoms in total. The first-order chi connectivity index (χ1) is 11.7. The van der Waals surface area contributed by atoms with Crippen molar-refractivity contribution >= 4 is 11.6 Å². The van der Waals surface area contributed by atoms with E-state index in [0.717, 1.165) is 11.6 Å². The lowest BCUT2D eigenvalue weighted by molar-refractivity contribution is 0.0976. The average molecular weight is 344 g/mol. The maximum absolute atomic E-state index is 14.2. The highest BCUT2D eigenvalue weighted by Gasteiger charge is 2.27. The Morgan fingerprint density at radius 1 is 1.16 bits per heavy atom. The molecular weight excluding hydrogens is 322 g/mol. The number of hydrogen-bond acceptors (Lipinski definition) is 3. The minimum Gasteiger partial charge on any atom is -0.365 e. The molecule has 0 spiro atoms. The van der Waals surface area contributed by atoms with Crippen molar-refractivity contribution in [2.75, 3.05) is 5.32 Å². The van der Waals surface area contributed by atoms with E-state index in [4.69, 9.17) is 0 Å². The molecule has 1 aliphatic rings. The summed E-state index contributed by atoms with van der Waals surface area (Å²) in [6.45, 7) is 6.06. The molecule has 0 fully saturated rings. The molecule has 2 aromatic rings. The first-order valence-corrected chi connectivity index (χ1v) is 8.50. The number of Topliss-reactive ketones (excluding diaryl/α,β-unsaturated/α-hetero) is 1. The lowest BCUT2D eigenvalue weighted by atomic mass is 9.90. The number of hydrogen-bond donors (Lipinski definition) is 1. The Labute approximate surface area is 146 Å². The summed E-state index contributed by atoms with van der Waals surface area (Å²) in [6.07, 6.45) is 1.24. The summed E-state index contributed by atoms with van der Waals surface area (Å²) in [7, 11) is 0. The number of pyridine rings is 1. The van der Waals surface area contributed by atoms with Gasteiger partial charge in [0.2, 0.25) is 0 Å². The largest absolute Gasteiger partial charge is 0.365 e. The number of fused-ring (bicyclic) bond motifs is 1. The van der Waals surface area contributed by atoms with Crippen molar-refractivity contribution in [3.63, 3.8) is 0 Å². The van der Waals surface area contributed by atoms with E-state index in [9.17, 15) is 13.6 Å². The first-order valence-electron chi connectivity index (χ1n) is 8.50. The molecule has 5 heteroatoms. The Kier molecular flexibility index (Phi) is 4.58. The summed E-state index contributed by atoms with van der Waals surface area (Å²) in [5, 5.41) is 3.26. The second-order valence-corrected chi connectivity index (χ2v) is 7.59. The van der Waals surface area contributed by atoms with Gasteiger partial charge in [-0.2, -0.15) is 0 Å². The van der Waals surface area contributed by atoms with E-state index >= 15 is 0 Å². The van der Waals surface area contributed by atoms with Crippen LogP contribution in [0.25, 0.3) is 0 Å². The monoisotopic (exact) mass is 344 g/mol. The minimum absolute atomic E-state index is 0.0492. The van der Waals surface area contributed by atoms with Gasteiger partial charge in [0, 0.05) is 12.0 Å². The Morgan fingerprint density at radius 2 is 1.92 bits per heavy atom. The number of carbonyl (C=O) groups excluding carboxylic acids is 1. The summed E-state index contributed by atoms with van der Waals surface area (Å²) in [5.41, 5.74) is 1.39. The molecule has 132 valence electrons. The molecule has 1 N–H and O–H groups in total. The first kappa shape index (κ1) is 17.5. The van der Waals surface area contributed by atoms with Crippen molar-refractivity contribution in [2.45, 2.75) is 51.5 Å². The third-order valence-electron chi connectivity index (χ3n) is 4.35. The van der Waals surface area contributed by atoms with E-state index in [-0.39, 0.29) is 23.7 Å². The van der Waals surface area contributed by atoms with Crippen LogP contribution in [-0.2, 0) is 6.42 Å². The van der Waals surface area contributed by atoms with Crippen LogP contribution in [0.5, 0.6) is 0 Å². The number of rotatable bonds is 2. The lowest BCUT2D eigenvalue weighted by Gasteiger charge is -2.22. The zero-order chi connectivity index (χ0) is 18.2. The van der Waals surface area contributed by atoms with Gasteiger partial charge in [-0.1, -0.05) is 18.2 Å². The van der Waals surface area contributed by atoms with E-state index in [0.29, 0.717) is 29.9 Å². The fourth-order valence-corrected chi connectivity index (χ4v) is 3.24. The van der Waals surface area contributed by atoms with Crippen molar-refractivity contribution in [3.05, 3.63) is 58.8 Å². The van der Waals surface area contributed by atoms with Crippen molar-refractivity contribution in [1.29, 1.82) is 0 Å². The van der Waals surface area contributed by atoms with Crippen LogP contribution in [0.3, 0.4) is 0 Å². The number of anilines is 1. The number of nitrogens with zero attached hydrogens (tertiary/aromatic N) is 1. The van der Waals surface area contributed by atoms with Gasteiger partial charge >= 0.3 is 0 Å². The highest BCUT2D eigenvalue weighted by Crippen LogP contribution is 2.33. The van der Waals surface area contributed by atoms with Crippen molar-refractivity contribution in [1.82, 2.24) is 4.98 Å². The van der Waals surface area contributed by atoms with Gasteiger partial charge in [0.25, 0.3) is 0 Å². The van der Waals surface area contributed by atoms with E-state index in [2.05, 4.69) is 10.3 Å². The van der Waals surface area contributed by atoms with Crippen LogP contribution in [0.4, 0.5) is 14.6 Å². The fourth-order valence-electron chi connectivity index (χ4n) is 3.24. The molecule has 0 amide bonds. The maximum Gasteiger partial charge on any atom is 0.181 e. The van der Waals surface area contributed by atoms with Crippen LogP contribution < -0.4 is 5.32 Å². The highest BCUT2D eigenvalue weighted by molar-refractivity contribution is 5.96. The standard InChI is InChI=1S/C20H22F2N2O/c1-20(2,3)24-17-10-8-13-11-12(7-9-16(25)19(13)23-17)14-5-4-6-15(21)18(14)22/h4-6,8,10,12H,7,9,11H2,1-3H3,(H,23,24)/t12-/m1/s1. The molecule has 0 aliphatic heterocycles. The summed E-state index contributed by atoms with van der Waals surface area (Å²) >= 11 is 0. The molecule has 0 radical (unpaired) electrons. The summed E-state index contributed by atoms with van der Waals surface area (Å²) in [6, 6.07) is 7.92. The minimum atomic E-state index is -0.851. The molecule has 1 aromatic heterocycles. The molecule has 25 heavy (non-hydrogen) atoms. The lowest BCUT2D eigenvalue weighted by Crippen LogP contribution is -2.27. The number of ketones is 1. The Morgan fingerprint density at radius 3 is 2.64 bits per heavy atom. The topological polar surface area (TPSA) is 42.0 Å². The van der Waals surface area contributed by atoms with E-state index in [1.54, 1.807) is 6.07 Å². The van der Waals surface area contributed by atoms with Gasteiger partial charge in [0.1, 0.15) is 11.5 Å². The predicted molar refractivity (Wildman–Crippen MR) is 94.0 cm³/mol. The molecule has 0 bridgehead atoms. The molecule has 1 atom stereocenters. The normalized spacial score (nSPS) is 17.8. The number of nitrogens with one attached hydrogen (secondary N) is 1. The third kappa shape index (κ3) is 3.86. The zero-order valence-corrected chi connectivity index (χ0v) is 14.7. The van der Waals surface area contributed by atoms with Crippen LogP contribution in [-0.4, -0.2) is 16.3 Å². The number of aromatic nitrogens is 1. The van der Waals surface area contributed by atoms with Crippen LogP contribution in [0.2, 0.25) is 0 Å². The molecular formula is C20H22F2N2O. The van der Waals surface area contributed by atoms with Gasteiger partial charge in [-0.15, -0.1) is 0 Å². The second kappa shape index (κ2) is 6.54. The highest BCUT2D eigenvalue weighted by atomic mass is 19.2. The number of benzene rings is 1. The average Bonchev–Trinajstić information content (AvgIpc) is 2.68. The van der Waals surface area contributed by atoms with E-state index < -0.39 is 11.6 Å². The number of halogens is 2. The SMILES string of the molecule is CC(C)(C)Nc1ccc2c(n1)C(=O)CC[C@@H](c1cccc(F)c1F)C2. The van der Waals surface area contributed by atoms with Crippen LogP contribution in [0.15, 0.2) is 30.3 Å². The quantitative estimate of drug-likeness (QED) is 0.790. The molecule has 1 aromatic carbocycles. The summed E-state index contributed by atoms with van der Waals surface area (Å²) < 4.78 is 27.7. The predicted octanol–water partition coefficient (Wildman–Crippen LogP) is 4.87. The Bertz CT molecular complexity index is 812. The Hall–Kier alpha value is -2.30. The number of carbonyl (C=O) groups is 1. The van der Waals surface area contributed by atoms with Crippen molar-refractivity contribution in [2.24, 2.45) is 0 Å². The summed E-state index contributed by atoms with van der Waals surface area (Å²) in [4.78, 5) is 17.0. The van der Waals surface area contributed by atoms with Crippen molar-refractivity contribution < 1.29 is 13.6 Å². The van der Waals surface area contributed by atoms with Gasteiger partial charge < -0.3 is 5.32 Å². The van der Waals surface area contributed by atoms with Gasteiger partial charge in [-0.05, 0) is 62.8 Å². The van der Waals surface area contributed by atoms with E-state index in [1.807, 2.05) is 32.9 Å². The van der Waals surface area contributed by atoms with Gasteiger partial charge in [0.15, 0.2) is 17.4 Å². The molecule has 1 aliphatic carbocycles. The maximum atomic E-state index is 14.2. The van der Waals surface area contributed by atoms with Crippen LogP contribution >= 0.6 is 0 Å². The van der Waals surface area contributed by atoms with Gasteiger partial charge in [-0.25, -0.2) is 13.8 Å². The second-order valence-electron chi connectivity index (χ2n) is 7.59. The molecule has 1 heterocycles. The van der Waals surface area contributed by atoms with E-state index in [1.165, 1.54) is 6.07 Å². The van der Waals surface area contributed by atoms with Crippen LogP contribution in [0, 0.1) is 11.6 Å². The third-order valence-corrected chi connectivity index (χ3v) is 4.35. The zero-order valence-electron chi connectivity index (χ0n) is 14.7. The van der Waals surface area contributed by atoms with Crippen LogP contribution in [0.1, 0.15) is 61.1 Å². The van der Waals surface area contributed by atoms with Crippen molar-refractivity contribution in [3.8, 4) is 0 Å². The molecule has 0 saturated carbocycles. The summed E-state index contributed by atoms with van der Waals surface area (Å²) in [5.74, 6) is -1.30. The molecule has 3 rings (SSSR count). The Balaban J connectivity index is 1.94. The smallest absolute Gasteiger partial charge is 0.181 e. The fraction of sp³-hybridized carbons (Fsp3) is 0.400. The molecule has 0 saturated heterocycles. The van der Waals surface area contributed by atoms with Gasteiger partial charge in [0.05, 0.1) is 0 Å². The van der Waals surface area contributed by atoms with Gasteiger partial charge in [-0.3, -0.25) is 4.79 Å².